The molecule has 0 atom stereocenters. The number of allylic oxidation sites excluding steroid dienone is 1. The van der Waals surface area contributed by atoms with Crippen molar-refractivity contribution in [2.45, 2.75) is 6.42 Å². The van der Waals surface area contributed by atoms with Gasteiger partial charge in [-0.3, -0.25) is 9.78 Å². The summed E-state index contributed by atoms with van der Waals surface area (Å²) >= 11 is 0. The highest BCUT2D eigenvalue weighted by molar-refractivity contribution is 6.03. The molecule has 0 aliphatic carbocycles. The third-order valence-corrected chi connectivity index (χ3v) is 2.10. The molecule has 0 fully saturated rings. The van der Waals surface area contributed by atoms with Gasteiger partial charge in [0, 0.05) is 0 Å². The van der Waals surface area contributed by atoms with E-state index in [0.717, 1.165) is 0 Å². The van der Waals surface area contributed by atoms with Crippen LogP contribution in [0.3, 0.4) is 0 Å². The van der Waals surface area contributed by atoms with E-state index in [9.17, 15) is 9.59 Å². The van der Waals surface area contributed by atoms with Crippen LogP contribution in [0.15, 0.2) is 30.9 Å². The van der Waals surface area contributed by atoms with Crippen molar-refractivity contribution in [1.82, 2.24) is 0 Å². The molecular formula is C11H10O6. The molecule has 0 spiro atoms. The summed E-state index contributed by atoms with van der Waals surface area (Å²) in [5.74, 6) is -2.22. The Hall–Kier alpha value is -2.18. The zero-order valence-corrected chi connectivity index (χ0v) is 8.75. The minimum Gasteiger partial charge on any atom is -0.295 e. The largest absolute Gasteiger partial charge is 0.373 e. The van der Waals surface area contributed by atoms with Crippen LogP contribution in [0.5, 0.6) is 0 Å². The molecule has 0 aromatic heterocycles. The summed E-state index contributed by atoms with van der Waals surface area (Å²) in [6, 6.07) is 4.32. The maximum Gasteiger partial charge on any atom is 0.373 e. The van der Waals surface area contributed by atoms with Crippen molar-refractivity contribution in [3.05, 3.63) is 47.5 Å². The van der Waals surface area contributed by atoms with Crippen LogP contribution in [0.4, 0.5) is 0 Å². The first-order valence-electron chi connectivity index (χ1n) is 4.60. The zero-order valence-electron chi connectivity index (χ0n) is 8.75. The zero-order chi connectivity index (χ0) is 12.8. The lowest BCUT2D eigenvalue weighted by Crippen LogP contribution is -2.14. The number of carbonyl (C=O) groups is 2. The Morgan fingerprint density at radius 1 is 1.24 bits per heavy atom. The lowest BCUT2D eigenvalue weighted by atomic mass is 9.99. The molecular weight excluding hydrogens is 228 g/mol. The minimum absolute atomic E-state index is 0.172. The van der Waals surface area contributed by atoms with E-state index < -0.39 is 11.9 Å². The highest BCUT2D eigenvalue weighted by Crippen LogP contribution is 2.18. The predicted molar refractivity (Wildman–Crippen MR) is 56.4 cm³/mol. The SMILES string of the molecule is C=CCc1cccc(C(=O)OO)c1C(=O)OO. The van der Waals surface area contributed by atoms with Gasteiger partial charge in [-0.15, -0.1) is 6.58 Å². The summed E-state index contributed by atoms with van der Waals surface area (Å²) in [4.78, 5) is 29.7. The van der Waals surface area contributed by atoms with Gasteiger partial charge in [0.05, 0.1) is 11.1 Å². The van der Waals surface area contributed by atoms with E-state index >= 15 is 0 Å². The third-order valence-electron chi connectivity index (χ3n) is 2.10. The molecule has 0 heterocycles. The predicted octanol–water partition coefficient (Wildman–Crippen LogP) is 1.67. The molecule has 1 rings (SSSR count). The lowest BCUT2D eigenvalue weighted by Gasteiger charge is -2.08. The topological polar surface area (TPSA) is 93.1 Å². The molecule has 0 saturated carbocycles. The van der Waals surface area contributed by atoms with Crippen LogP contribution in [-0.2, 0) is 16.2 Å². The summed E-state index contributed by atoms with van der Waals surface area (Å²) in [6.45, 7) is 3.50. The Bertz CT molecular complexity index is 451. The first-order valence-corrected chi connectivity index (χ1v) is 4.60. The Morgan fingerprint density at radius 2 is 1.88 bits per heavy atom. The van der Waals surface area contributed by atoms with Crippen LogP contribution in [0.1, 0.15) is 26.3 Å². The average molecular weight is 238 g/mol. The number of hydrogen-bond acceptors (Lipinski definition) is 6. The number of hydrogen-bond donors (Lipinski definition) is 2. The van der Waals surface area contributed by atoms with E-state index in [1.165, 1.54) is 18.2 Å². The van der Waals surface area contributed by atoms with E-state index in [1.807, 2.05) is 0 Å². The maximum atomic E-state index is 11.4. The van der Waals surface area contributed by atoms with Gasteiger partial charge in [-0.1, -0.05) is 18.2 Å². The fourth-order valence-corrected chi connectivity index (χ4v) is 1.43. The highest BCUT2D eigenvalue weighted by Gasteiger charge is 2.22. The molecule has 0 saturated heterocycles. The molecule has 0 amide bonds. The van der Waals surface area contributed by atoms with Crippen molar-refractivity contribution in [3.8, 4) is 0 Å². The molecule has 1 aromatic rings. The number of carbonyl (C=O) groups excluding carboxylic acids is 2. The van der Waals surface area contributed by atoms with E-state index in [1.54, 1.807) is 6.07 Å². The second-order valence-electron chi connectivity index (χ2n) is 3.09. The van der Waals surface area contributed by atoms with Crippen LogP contribution in [0, 0.1) is 0 Å². The summed E-state index contributed by atoms with van der Waals surface area (Å²) in [5, 5.41) is 16.7. The van der Waals surface area contributed by atoms with Gasteiger partial charge in [0.25, 0.3) is 0 Å². The maximum absolute atomic E-state index is 11.4. The van der Waals surface area contributed by atoms with Crippen LogP contribution in [0.25, 0.3) is 0 Å². The molecule has 90 valence electrons. The van der Waals surface area contributed by atoms with Gasteiger partial charge in [-0.05, 0) is 18.1 Å². The Labute approximate surface area is 96.6 Å². The monoisotopic (exact) mass is 238 g/mol. The highest BCUT2D eigenvalue weighted by atomic mass is 17.1. The second-order valence-corrected chi connectivity index (χ2v) is 3.09. The summed E-state index contributed by atoms with van der Waals surface area (Å²) in [7, 11) is 0. The van der Waals surface area contributed by atoms with Crippen molar-refractivity contribution in [3.63, 3.8) is 0 Å². The van der Waals surface area contributed by atoms with Gasteiger partial charge in [-0.25, -0.2) is 9.59 Å². The molecule has 2 N–H and O–H groups in total. The van der Waals surface area contributed by atoms with Gasteiger partial charge in [0.15, 0.2) is 0 Å². The third kappa shape index (κ3) is 2.68. The van der Waals surface area contributed by atoms with Gasteiger partial charge < -0.3 is 0 Å². The fraction of sp³-hybridized carbons (Fsp3) is 0.0909. The van der Waals surface area contributed by atoms with Crippen molar-refractivity contribution in [1.29, 1.82) is 0 Å². The standard InChI is InChI=1S/C11H10O6/c1-2-4-7-5-3-6-8(10(12)16-14)9(7)11(13)17-15/h2-3,5-6,14-15H,1,4H2. The second kappa shape index (κ2) is 5.78. The van der Waals surface area contributed by atoms with E-state index in [2.05, 4.69) is 16.4 Å². The first kappa shape index (κ1) is 12.9. The van der Waals surface area contributed by atoms with Gasteiger partial charge in [-0.2, -0.15) is 10.5 Å². The molecule has 1 aromatic carbocycles. The lowest BCUT2D eigenvalue weighted by molar-refractivity contribution is -0.185. The molecule has 0 unspecified atom stereocenters. The first-order chi connectivity index (χ1) is 8.15. The Morgan fingerprint density at radius 3 is 2.41 bits per heavy atom. The van der Waals surface area contributed by atoms with Crippen molar-refractivity contribution in [2.75, 3.05) is 0 Å². The van der Waals surface area contributed by atoms with Crippen LogP contribution < -0.4 is 0 Å². The summed E-state index contributed by atoms with van der Waals surface area (Å²) in [5.41, 5.74) is 0.0433. The van der Waals surface area contributed by atoms with Crippen molar-refractivity contribution in [2.24, 2.45) is 0 Å². The van der Waals surface area contributed by atoms with Gasteiger partial charge in [0.1, 0.15) is 0 Å². The molecule has 6 nitrogen and oxygen atoms in total. The Kier molecular flexibility index (Phi) is 4.38. The van der Waals surface area contributed by atoms with Crippen LogP contribution in [0.2, 0.25) is 0 Å². The number of benzene rings is 1. The molecule has 0 radical (unpaired) electrons. The van der Waals surface area contributed by atoms with E-state index in [-0.39, 0.29) is 17.5 Å². The molecule has 0 aliphatic rings. The van der Waals surface area contributed by atoms with E-state index in [0.29, 0.717) is 5.56 Å². The quantitative estimate of drug-likeness (QED) is 0.471. The smallest absolute Gasteiger partial charge is 0.295 e. The molecule has 0 bridgehead atoms. The van der Waals surface area contributed by atoms with E-state index in [4.69, 9.17) is 10.5 Å². The number of rotatable bonds is 4. The van der Waals surface area contributed by atoms with Gasteiger partial charge >= 0.3 is 11.9 Å². The summed E-state index contributed by atoms with van der Waals surface area (Å²) in [6.07, 6.45) is 1.80. The van der Waals surface area contributed by atoms with Gasteiger partial charge in [0.2, 0.25) is 0 Å². The van der Waals surface area contributed by atoms with Crippen LogP contribution in [-0.4, -0.2) is 22.5 Å². The van der Waals surface area contributed by atoms with Crippen molar-refractivity contribution >= 4 is 11.9 Å². The summed E-state index contributed by atoms with van der Waals surface area (Å²) < 4.78 is 0. The van der Waals surface area contributed by atoms with Crippen molar-refractivity contribution < 1.29 is 29.9 Å². The average Bonchev–Trinajstić information content (AvgIpc) is 2.37. The molecule has 17 heavy (non-hydrogen) atoms. The molecule has 0 aliphatic heterocycles. The minimum atomic E-state index is -1.11. The normalized spacial score (nSPS) is 9.53. The fourth-order valence-electron chi connectivity index (χ4n) is 1.43. The van der Waals surface area contributed by atoms with Crippen LogP contribution >= 0.6 is 0 Å². The molecule has 6 heteroatoms. The Balaban J connectivity index is 3.38.